The number of rotatable bonds is 10. The molecule has 3 rings (SSSR count). The van der Waals surface area contributed by atoms with Crippen LogP contribution in [0, 0.1) is 0 Å². The predicted molar refractivity (Wildman–Crippen MR) is 124 cm³/mol. The van der Waals surface area contributed by atoms with E-state index in [4.69, 9.17) is 19.2 Å². The highest BCUT2D eigenvalue weighted by Crippen LogP contribution is 2.18. The molecule has 2 aromatic carbocycles. The van der Waals surface area contributed by atoms with Crippen molar-refractivity contribution in [2.75, 3.05) is 53.1 Å². The lowest BCUT2D eigenvalue weighted by Crippen LogP contribution is -2.39. The number of ether oxygens (including phenoxy) is 3. The van der Waals surface area contributed by atoms with E-state index in [1.165, 1.54) is 11.1 Å². The fourth-order valence-corrected chi connectivity index (χ4v) is 3.40. The SMILES string of the molecule is CCNC(=NCc1ccccc1CN1CCOCC1)NCCOc1cccc(OC)c1. The first-order valence-electron chi connectivity index (χ1n) is 10.9. The lowest BCUT2D eigenvalue weighted by atomic mass is 10.1. The van der Waals surface area contributed by atoms with Gasteiger partial charge in [0.1, 0.15) is 18.1 Å². The fraction of sp³-hybridized carbons (Fsp3) is 0.458. The second-order valence-electron chi connectivity index (χ2n) is 7.31. The lowest BCUT2D eigenvalue weighted by molar-refractivity contribution is 0.0341. The molecular formula is C24H34N4O3. The van der Waals surface area contributed by atoms with E-state index < -0.39 is 0 Å². The standard InChI is InChI=1S/C24H34N4O3/c1-3-25-24(26-11-14-31-23-10-6-9-22(17-23)29-2)27-18-20-7-4-5-8-21(20)19-28-12-15-30-16-13-28/h4-10,17H,3,11-16,18-19H2,1-2H3,(H2,25,26,27). The highest BCUT2D eigenvalue weighted by Gasteiger charge is 2.12. The van der Waals surface area contributed by atoms with Gasteiger partial charge in [-0.15, -0.1) is 0 Å². The van der Waals surface area contributed by atoms with E-state index >= 15 is 0 Å². The number of morpholine rings is 1. The number of hydrogen-bond acceptors (Lipinski definition) is 5. The molecule has 1 saturated heterocycles. The summed E-state index contributed by atoms with van der Waals surface area (Å²) in [5.74, 6) is 2.37. The maximum atomic E-state index is 5.80. The summed E-state index contributed by atoms with van der Waals surface area (Å²) in [6, 6.07) is 16.2. The fourth-order valence-electron chi connectivity index (χ4n) is 3.40. The summed E-state index contributed by atoms with van der Waals surface area (Å²) in [6.45, 7) is 9.21. The van der Waals surface area contributed by atoms with Crippen molar-refractivity contribution in [1.82, 2.24) is 15.5 Å². The summed E-state index contributed by atoms with van der Waals surface area (Å²) in [5, 5.41) is 6.65. The minimum absolute atomic E-state index is 0.533. The molecule has 0 spiro atoms. The maximum absolute atomic E-state index is 5.80. The maximum Gasteiger partial charge on any atom is 0.191 e. The highest BCUT2D eigenvalue weighted by atomic mass is 16.5. The van der Waals surface area contributed by atoms with Crippen molar-refractivity contribution >= 4 is 5.96 Å². The molecule has 0 bridgehead atoms. The van der Waals surface area contributed by atoms with Crippen LogP contribution in [0.15, 0.2) is 53.5 Å². The molecular weight excluding hydrogens is 392 g/mol. The van der Waals surface area contributed by atoms with Crippen molar-refractivity contribution in [1.29, 1.82) is 0 Å². The Morgan fingerprint density at radius 2 is 1.81 bits per heavy atom. The van der Waals surface area contributed by atoms with Crippen molar-refractivity contribution in [2.24, 2.45) is 4.99 Å². The highest BCUT2D eigenvalue weighted by molar-refractivity contribution is 5.79. The number of aliphatic imine (C=N–C) groups is 1. The Morgan fingerprint density at radius 1 is 1.03 bits per heavy atom. The number of methoxy groups -OCH3 is 1. The van der Waals surface area contributed by atoms with Gasteiger partial charge in [-0.05, 0) is 30.2 Å². The zero-order valence-electron chi connectivity index (χ0n) is 18.6. The molecule has 31 heavy (non-hydrogen) atoms. The smallest absolute Gasteiger partial charge is 0.191 e. The minimum Gasteiger partial charge on any atom is -0.497 e. The van der Waals surface area contributed by atoms with Gasteiger partial charge in [0.25, 0.3) is 0 Å². The third-order valence-electron chi connectivity index (χ3n) is 5.07. The van der Waals surface area contributed by atoms with Gasteiger partial charge in [-0.3, -0.25) is 4.90 Å². The molecule has 1 aliphatic heterocycles. The second kappa shape index (κ2) is 12.8. The van der Waals surface area contributed by atoms with Crippen molar-refractivity contribution in [3.05, 3.63) is 59.7 Å². The van der Waals surface area contributed by atoms with Crippen LogP contribution in [0.25, 0.3) is 0 Å². The van der Waals surface area contributed by atoms with Gasteiger partial charge in [0.15, 0.2) is 5.96 Å². The molecule has 1 heterocycles. The van der Waals surface area contributed by atoms with Crippen LogP contribution >= 0.6 is 0 Å². The van der Waals surface area contributed by atoms with Crippen LogP contribution in [0.4, 0.5) is 0 Å². The average Bonchev–Trinajstić information content (AvgIpc) is 2.82. The van der Waals surface area contributed by atoms with E-state index in [0.717, 1.165) is 56.9 Å². The summed E-state index contributed by atoms with van der Waals surface area (Å²) in [7, 11) is 1.65. The van der Waals surface area contributed by atoms with Crippen molar-refractivity contribution in [2.45, 2.75) is 20.0 Å². The molecule has 2 aromatic rings. The van der Waals surface area contributed by atoms with Crippen LogP contribution < -0.4 is 20.1 Å². The summed E-state index contributed by atoms with van der Waals surface area (Å²) < 4.78 is 16.5. The molecule has 0 saturated carbocycles. The molecule has 1 aliphatic rings. The molecule has 0 atom stereocenters. The Labute approximate surface area is 185 Å². The Hall–Kier alpha value is -2.77. The van der Waals surface area contributed by atoms with Gasteiger partial charge >= 0.3 is 0 Å². The third-order valence-corrected chi connectivity index (χ3v) is 5.07. The molecule has 7 heteroatoms. The van der Waals surface area contributed by atoms with Crippen molar-refractivity contribution in [3.8, 4) is 11.5 Å². The van der Waals surface area contributed by atoms with E-state index in [1.54, 1.807) is 7.11 Å². The summed E-state index contributed by atoms with van der Waals surface area (Å²) in [4.78, 5) is 7.22. The summed E-state index contributed by atoms with van der Waals surface area (Å²) in [5.41, 5.74) is 2.57. The normalized spacial score (nSPS) is 14.8. The minimum atomic E-state index is 0.533. The van der Waals surface area contributed by atoms with Gasteiger partial charge in [-0.1, -0.05) is 30.3 Å². The van der Waals surface area contributed by atoms with Gasteiger partial charge in [-0.25, -0.2) is 4.99 Å². The Bertz CT molecular complexity index is 822. The predicted octanol–water partition coefficient (Wildman–Crippen LogP) is 2.66. The van der Waals surface area contributed by atoms with Crippen molar-refractivity contribution in [3.63, 3.8) is 0 Å². The van der Waals surface area contributed by atoms with E-state index in [0.29, 0.717) is 19.7 Å². The van der Waals surface area contributed by atoms with Crippen LogP contribution in [-0.2, 0) is 17.8 Å². The first kappa shape index (κ1) is 22.9. The molecule has 0 aliphatic carbocycles. The van der Waals surface area contributed by atoms with Gasteiger partial charge in [-0.2, -0.15) is 0 Å². The lowest BCUT2D eigenvalue weighted by Gasteiger charge is -2.27. The Morgan fingerprint density at radius 3 is 2.58 bits per heavy atom. The number of hydrogen-bond donors (Lipinski definition) is 2. The van der Waals surface area contributed by atoms with Gasteiger partial charge in [0, 0.05) is 32.2 Å². The molecule has 1 fully saturated rings. The van der Waals surface area contributed by atoms with Crippen LogP contribution in [-0.4, -0.2) is 64.0 Å². The first-order chi connectivity index (χ1) is 15.3. The third kappa shape index (κ3) is 7.77. The Kier molecular flexibility index (Phi) is 9.47. The molecule has 0 unspecified atom stereocenters. The number of nitrogens with zero attached hydrogens (tertiary/aromatic N) is 2. The van der Waals surface area contributed by atoms with Crippen LogP contribution in [0.2, 0.25) is 0 Å². The summed E-state index contributed by atoms with van der Waals surface area (Å²) >= 11 is 0. The molecule has 2 N–H and O–H groups in total. The quantitative estimate of drug-likeness (QED) is 0.346. The average molecular weight is 427 g/mol. The molecule has 0 aromatic heterocycles. The number of nitrogens with one attached hydrogen (secondary N) is 2. The van der Waals surface area contributed by atoms with E-state index in [1.807, 2.05) is 24.3 Å². The van der Waals surface area contributed by atoms with Crippen LogP contribution in [0.3, 0.4) is 0 Å². The van der Waals surface area contributed by atoms with Crippen LogP contribution in [0.1, 0.15) is 18.1 Å². The monoisotopic (exact) mass is 426 g/mol. The largest absolute Gasteiger partial charge is 0.497 e. The zero-order valence-corrected chi connectivity index (χ0v) is 18.6. The molecule has 168 valence electrons. The molecule has 7 nitrogen and oxygen atoms in total. The molecule has 0 amide bonds. The summed E-state index contributed by atoms with van der Waals surface area (Å²) in [6.07, 6.45) is 0. The second-order valence-corrected chi connectivity index (χ2v) is 7.31. The van der Waals surface area contributed by atoms with Crippen LogP contribution in [0.5, 0.6) is 11.5 Å². The van der Waals surface area contributed by atoms with E-state index in [-0.39, 0.29) is 0 Å². The molecule has 0 radical (unpaired) electrons. The van der Waals surface area contributed by atoms with Gasteiger partial charge in [0.05, 0.1) is 33.4 Å². The van der Waals surface area contributed by atoms with Crippen molar-refractivity contribution < 1.29 is 14.2 Å². The number of guanidine groups is 1. The van der Waals surface area contributed by atoms with Gasteiger partial charge < -0.3 is 24.8 Å². The van der Waals surface area contributed by atoms with E-state index in [9.17, 15) is 0 Å². The Balaban J connectivity index is 1.52. The van der Waals surface area contributed by atoms with E-state index in [2.05, 4.69) is 46.7 Å². The van der Waals surface area contributed by atoms with Gasteiger partial charge in [0.2, 0.25) is 0 Å². The number of benzene rings is 2. The topological polar surface area (TPSA) is 67.4 Å². The zero-order chi connectivity index (χ0) is 21.7. The first-order valence-corrected chi connectivity index (χ1v) is 10.9.